The molecule has 0 aromatic rings. The summed E-state index contributed by atoms with van der Waals surface area (Å²) >= 11 is 0. The lowest BCUT2D eigenvalue weighted by molar-refractivity contribution is 0.158. The van der Waals surface area contributed by atoms with Crippen molar-refractivity contribution in [3.8, 4) is 0 Å². The van der Waals surface area contributed by atoms with Crippen LogP contribution in [0.5, 0.6) is 0 Å². The van der Waals surface area contributed by atoms with Gasteiger partial charge in [-0.2, -0.15) is 0 Å². The molecule has 2 nitrogen and oxygen atoms in total. The Kier molecular flexibility index (Phi) is 11.0. The van der Waals surface area contributed by atoms with E-state index < -0.39 is 0 Å². The Bertz CT molecular complexity index is 72.1. The summed E-state index contributed by atoms with van der Waals surface area (Å²) in [5.74, 6) is 0. The van der Waals surface area contributed by atoms with E-state index in [1.54, 1.807) is 0 Å². The maximum Gasteiger partial charge on any atom is 0.0130 e. The Hall–Kier alpha value is 0.500. The molecule has 70 valence electrons. The second kappa shape index (κ2) is 8.60. The zero-order chi connectivity index (χ0) is 6.53. The molecule has 0 saturated carbocycles. The number of piperidine rings is 1. The fourth-order valence-electron chi connectivity index (χ4n) is 1.28. The second-order valence-electron chi connectivity index (χ2n) is 2.56. The first-order chi connectivity index (χ1) is 4.43. The lowest BCUT2D eigenvalue weighted by Crippen LogP contribution is -2.41. The van der Waals surface area contributed by atoms with Crippen molar-refractivity contribution in [3.05, 3.63) is 0 Å². The molecule has 0 unspecified atom stereocenters. The molecule has 1 rings (SSSR count). The number of rotatable bonds is 2. The fraction of sp³-hybridized carbons (Fsp3) is 1.00. The van der Waals surface area contributed by atoms with Crippen LogP contribution < -0.4 is 5.43 Å². The summed E-state index contributed by atoms with van der Waals surface area (Å²) in [6, 6.07) is 0. The molecule has 1 aliphatic heterocycles. The Balaban J connectivity index is 0. The SMILES string of the molecule is CCNN1CCCCC1.Cl.Cl. The summed E-state index contributed by atoms with van der Waals surface area (Å²) in [6.07, 6.45) is 4.15. The molecule has 0 atom stereocenters. The van der Waals surface area contributed by atoms with Crippen LogP contribution in [-0.4, -0.2) is 24.6 Å². The highest BCUT2D eigenvalue weighted by Crippen LogP contribution is 2.04. The van der Waals surface area contributed by atoms with Gasteiger partial charge in [0.05, 0.1) is 0 Å². The van der Waals surface area contributed by atoms with Crippen molar-refractivity contribution in [2.24, 2.45) is 0 Å². The van der Waals surface area contributed by atoms with Gasteiger partial charge in [-0.3, -0.25) is 5.43 Å². The van der Waals surface area contributed by atoms with Crippen molar-refractivity contribution in [2.75, 3.05) is 19.6 Å². The third kappa shape index (κ3) is 5.74. The van der Waals surface area contributed by atoms with Crippen LogP contribution in [0.2, 0.25) is 0 Å². The normalized spacial score (nSPS) is 18.3. The zero-order valence-electron chi connectivity index (χ0n) is 7.01. The van der Waals surface area contributed by atoms with Gasteiger partial charge < -0.3 is 0 Å². The molecule has 0 amide bonds. The third-order valence-corrected chi connectivity index (χ3v) is 1.74. The van der Waals surface area contributed by atoms with Crippen LogP contribution in [0.25, 0.3) is 0 Å². The minimum atomic E-state index is 0. The van der Waals surface area contributed by atoms with Crippen LogP contribution >= 0.6 is 24.8 Å². The zero-order valence-corrected chi connectivity index (χ0v) is 8.64. The van der Waals surface area contributed by atoms with Gasteiger partial charge in [-0.15, -0.1) is 24.8 Å². The molecule has 1 aliphatic rings. The van der Waals surface area contributed by atoms with Crippen molar-refractivity contribution < 1.29 is 0 Å². The number of nitrogens with zero attached hydrogens (tertiary/aromatic N) is 1. The van der Waals surface area contributed by atoms with E-state index in [-0.39, 0.29) is 24.8 Å². The summed E-state index contributed by atoms with van der Waals surface area (Å²) in [5, 5.41) is 2.32. The maximum atomic E-state index is 3.32. The summed E-state index contributed by atoms with van der Waals surface area (Å²) in [7, 11) is 0. The van der Waals surface area contributed by atoms with E-state index in [9.17, 15) is 0 Å². The first-order valence-electron chi connectivity index (χ1n) is 3.92. The first kappa shape index (κ1) is 14.0. The molecule has 1 saturated heterocycles. The second-order valence-corrected chi connectivity index (χ2v) is 2.56. The number of hydrazine groups is 1. The largest absolute Gasteiger partial charge is 0.255 e. The van der Waals surface area contributed by atoms with Crippen molar-refractivity contribution in [2.45, 2.75) is 26.2 Å². The Morgan fingerprint density at radius 1 is 1.09 bits per heavy atom. The molecule has 0 aromatic heterocycles. The molecule has 0 spiro atoms. The summed E-state index contributed by atoms with van der Waals surface area (Å²) < 4.78 is 0. The van der Waals surface area contributed by atoms with E-state index in [1.165, 1.54) is 32.4 Å². The number of halogens is 2. The predicted molar refractivity (Wildman–Crippen MR) is 53.6 cm³/mol. The van der Waals surface area contributed by atoms with E-state index in [0.717, 1.165) is 6.54 Å². The molecule has 1 fully saturated rings. The minimum absolute atomic E-state index is 0. The highest BCUT2D eigenvalue weighted by atomic mass is 35.5. The van der Waals surface area contributed by atoms with Gasteiger partial charge in [0.1, 0.15) is 0 Å². The Morgan fingerprint density at radius 3 is 2.09 bits per heavy atom. The van der Waals surface area contributed by atoms with Crippen LogP contribution in [0.15, 0.2) is 0 Å². The van der Waals surface area contributed by atoms with Crippen molar-refractivity contribution >= 4 is 24.8 Å². The average molecular weight is 201 g/mol. The topological polar surface area (TPSA) is 15.3 Å². The molecule has 0 bridgehead atoms. The molecule has 0 aromatic carbocycles. The fourth-order valence-corrected chi connectivity index (χ4v) is 1.28. The van der Waals surface area contributed by atoms with Crippen molar-refractivity contribution in [1.82, 2.24) is 10.4 Å². The standard InChI is InChI=1S/C7H16N2.2ClH/c1-2-8-9-6-4-3-5-7-9;;/h8H,2-7H2,1H3;2*1H. The molecular formula is C7H18Cl2N2. The van der Waals surface area contributed by atoms with Crippen LogP contribution in [0.4, 0.5) is 0 Å². The van der Waals surface area contributed by atoms with Crippen LogP contribution in [0.3, 0.4) is 0 Å². The van der Waals surface area contributed by atoms with E-state index in [1.807, 2.05) is 0 Å². The first-order valence-corrected chi connectivity index (χ1v) is 3.92. The lowest BCUT2D eigenvalue weighted by Gasteiger charge is -2.26. The van der Waals surface area contributed by atoms with Gasteiger partial charge >= 0.3 is 0 Å². The van der Waals surface area contributed by atoms with Crippen LogP contribution in [0.1, 0.15) is 26.2 Å². The summed E-state index contributed by atoms with van der Waals surface area (Å²) in [6.45, 7) is 5.70. The highest BCUT2D eigenvalue weighted by Gasteiger charge is 2.06. The predicted octanol–water partition coefficient (Wildman–Crippen LogP) is 1.84. The molecular weight excluding hydrogens is 183 g/mol. The molecule has 1 N–H and O–H groups in total. The molecule has 0 aliphatic carbocycles. The lowest BCUT2D eigenvalue weighted by atomic mass is 10.2. The highest BCUT2D eigenvalue weighted by molar-refractivity contribution is 5.85. The Labute approximate surface area is 81.5 Å². The maximum absolute atomic E-state index is 3.32. The molecule has 4 heteroatoms. The molecule has 0 radical (unpaired) electrons. The van der Waals surface area contributed by atoms with E-state index in [4.69, 9.17) is 0 Å². The van der Waals surface area contributed by atoms with E-state index in [2.05, 4.69) is 17.4 Å². The smallest absolute Gasteiger partial charge is 0.0130 e. The Morgan fingerprint density at radius 2 is 1.64 bits per heavy atom. The van der Waals surface area contributed by atoms with E-state index in [0.29, 0.717) is 0 Å². The van der Waals surface area contributed by atoms with Crippen LogP contribution in [0, 0.1) is 0 Å². The van der Waals surface area contributed by atoms with Gasteiger partial charge in [0.15, 0.2) is 0 Å². The van der Waals surface area contributed by atoms with E-state index >= 15 is 0 Å². The van der Waals surface area contributed by atoms with Gasteiger partial charge in [-0.1, -0.05) is 13.3 Å². The van der Waals surface area contributed by atoms with Crippen molar-refractivity contribution in [3.63, 3.8) is 0 Å². The monoisotopic (exact) mass is 200 g/mol. The molecule has 1 heterocycles. The van der Waals surface area contributed by atoms with Crippen molar-refractivity contribution in [1.29, 1.82) is 0 Å². The van der Waals surface area contributed by atoms with Gasteiger partial charge in [0, 0.05) is 19.6 Å². The summed E-state index contributed by atoms with van der Waals surface area (Å²) in [4.78, 5) is 0. The average Bonchev–Trinajstić information content (AvgIpc) is 1.91. The molecule has 11 heavy (non-hydrogen) atoms. The van der Waals surface area contributed by atoms with Gasteiger partial charge in [-0.05, 0) is 12.8 Å². The number of hydrogen-bond donors (Lipinski definition) is 1. The summed E-state index contributed by atoms with van der Waals surface area (Å²) in [5.41, 5.74) is 3.32. The number of hydrogen-bond acceptors (Lipinski definition) is 2. The van der Waals surface area contributed by atoms with Crippen LogP contribution in [-0.2, 0) is 0 Å². The third-order valence-electron chi connectivity index (χ3n) is 1.74. The quantitative estimate of drug-likeness (QED) is 0.733. The minimum Gasteiger partial charge on any atom is -0.255 e. The number of nitrogens with one attached hydrogen (secondary N) is 1. The van der Waals surface area contributed by atoms with Gasteiger partial charge in [0.25, 0.3) is 0 Å². The van der Waals surface area contributed by atoms with Gasteiger partial charge in [-0.25, -0.2) is 5.01 Å². The van der Waals surface area contributed by atoms with Gasteiger partial charge in [0.2, 0.25) is 0 Å².